The van der Waals surface area contributed by atoms with Crippen LogP contribution in [0.25, 0.3) is 17.5 Å². The second-order valence-electron chi connectivity index (χ2n) is 6.93. The average Bonchev–Trinajstić information content (AvgIpc) is 3.22. The molecule has 0 radical (unpaired) electrons. The van der Waals surface area contributed by atoms with Crippen molar-refractivity contribution in [2.24, 2.45) is 0 Å². The minimum absolute atomic E-state index is 0.378. The third kappa shape index (κ3) is 4.96. The largest absolute Gasteiger partial charge is 0.334 e. The van der Waals surface area contributed by atoms with Gasteiger partial charge in [-0.05, 0) is 23.8 Å². The zero-order valence-electron chi connectivity index (χ0n) is 16.2. The number of sulfonamides is 1. The fourth-order valence-corrected chi connectivity index (χ4v) is 4.61. The SMILES string of the molecule is O=S(=O)(/C=C/c1ccccc1)N1CCN(Cc2noc(-c3ccccc3Cl)n2)CC1. The van der Waals surface area contributed by atoms with E-state index in [2.05, 4.69) is 15.0 Å². The first-order chi connectivity index (χ1) is 14.5. The summed E-state index contributed by atoms with van der Waals surface area (Å²) in [6.45, 7) is 2.50. The first kappa shape index (κ1) is 20.7. The van der Waals surface area contributed by atoms with E-state index in [1.165, 1.54) is 9.71 Å². The predicted molar refractivity (Wildman–Crippen MR) is 116 cm³/mol. The third-order valence-electron chi connectivity index (χ3n) is 4.86. The van der Waals surface area contributed by atoms with Gasteiger partial charge in [0.15, 0.2) is 5.82 Å². The highest BCUT2D eigenvalue weighted by Crippen LogP contribution is 2.26. The first-order valence-corrected chi connectivity index (χ1v) is 11.4. The quantitative estimate of drug-likeness (QED) is 0.578. The third-order valence-corrected chi connectivity index (χ3v) is 6.76. The van der Waals surface area contributed by atoms with Crippen LogP contribution in [0.15, 0.2) is 64.5 Å². The van der Waals surface area contributed by atoms with Gasteiger partial charge in [0.25, 0.3) is 5.89 Å². The normalized spacial score (nSPS) is 16.3. The molecule has 0 bridgehead atoms. The molecule has 2 heterocycles. The van der Waals surface area contributed by atoms with Crippen LogP contribution < -0.4 is 0 Å². The topological polar surface area (TPSA) is 79.5 Å². The maximum atomic E-state index is 12.6. The number of nitrogens with zero attached hydrogens (tertiary/aromatic N) is 4. The van der Waals surface area contributed by atoms with Crippen molar-refractivity contribution in [3.05, 3.63) is 76.4 Å². The van der Waals surface area contributed by atoms with Crippen molar-refractivity contribution >= 4 is 27.7 Å². The van der Waals surface area contributed by atoms with E-state index in [1.54, 1.807) is 12.1 Å². The zero-order chi connectivity index (χ0) is 21.0. The predicted octanol–water partition coefficient (Wildman–Crippen LogP) is 3.51. The molecule has 156 valence electrons. The van der Waals surface area contributed by atoms with Gasteiger partial charge in [-0.15, -0.1) is 0 Å². The van der Waals surface area contributed by atoms with E-state index in [1.807, 2.05) is 48.5 Å². The van der Waals surface area contributed by atoms with Crippen molar-refractivity contribution < 1.29 is 12.9 Å². The van der Waals surface area contributed by atoms with Crippen LogP contribution in [-0.2, 0) is 16.6 Å². The summed E-state index contributed by atoms with van der Waals surface area (Å²) in [5.41, 5.74) is 1.55. The van der Waals surface area contributed by atoms with Crippen molar-refractivity contribution in [1.29, 1.82) is 0 Å². The molecule has 30 heavy (non-hydrogen) atoms. The molecule has 9 heteroatoms. The smallest absolute Gasteiger partial charge is 0.259 e. The van der Waals surface area contributed by atoms with Gasteiger partial charge in [-0.3, -0.25) is 4.90 Å². The summed E-state index contributed by atoms with van der Waals surface area (Å²) in [6.07, 6.45) is 1.62. The monoisotopic (exact) mass is 444 g/mol. The summed E-state index contributed by atoms with van der Waals surface area (Å²) in [5, 5.41) is 5.85. The number of aromatic nitrogens is 2. The van der Waals surface area contributed by atoms with Crippen LogP contribution >= 0.6 is 11.6 Å². The Kier molecular flexibility index (Phi) is 6.29. The van der Waals surface area contributed by atoms with E-state index in [-0.39, 0.29) is 0 Å². The van der Waals surface area contributed by atoms with Crippen molar-refractivity contribution in [3.8, 4) is 11.5 Å². The van der Waals surface area contributed by atoms with Crippen molar-refractivity contribution in [2.45, 2.75) is 6.54 Å². The van der Waals surface area contributed by atoms with Crippen LogP contribution in [0, 0.1) is 0 Å². The summed E-state index contributed by atoms with van der Waals surface area (Å²) in [4.78, 5) is 6.52. The molecule has 1 fully saturated rings. The van der Waals surface area contributed by atoms with Gasteiger partial charge in [0.2, 0.25) is 10.0 Å². The highest BCUT2D eigenvalue weighted by molar-refractivity contribution is 7.92. The molecule has 1 aromatic heterocycles. The Morgan fingerprint density at radius 1 is 1.00 bits per heavy atom. The Morgan fingerprint density at radius 3 is 2.43 bits per heavy atom. The van der Waals surface area contributed by atoms with Crippen LogP contribution in [0.3, 0.4) is 0 Å². The van der Waals surface area contributed by atoms with Crippen LogP contribution in [0.5, 0.6) is 0 Å². The molecule has 1 saturated heterocycles. The van der Waals surface area contributed by atoms with E-state index >= 15 is 0 Å². The summed E-state index contributed by atoms with van der Waals surface area (Å²) >= 11 is 6.18. The lowest BCUT2D eigenvalue weighted by Crippen LogP contribution is -2.47. The lowest BCUT2D eigenvalue weighted by atomic mass is 10.2. The molecular weight excluding hydrogens is 424 g/mol. The lowest BCUT2D eigenvalue weighted by Gasteiger charge is -2.32. The fourth-order valence-electron chi connectivity index (χ4n) is 3.22. The number of piperazine rings is 1. The molecule has 0 unspecified atom stereocenters. The molecule has 0 N–H and O–H groups in total. The highest BCUT2D eigenvalue weighted by atomic mass is 35.5. The van der Waals surface area contributed by atoms with E-state index in [9.17, 15) is 8.42 Å². The van der Waals surface area contributed by atoms with Crippen LogP contribution in [0.2, 0.25) is 5.02 Å². The Balaban J connectivity index is 1.34. The number of hydrogen-bond acceptors (Lipinski definition) is 6. The van der Waals surface area contributed by atoms with Crippen LogP contribution in [0.4, 0.5) is 0 Å². The average molecular weight is 445 g/mol. The standard InChI is InChI=1S/C21H21ClN4O3S/c22-19-9-5-4-8-18(19)21-23-20(24-29-21)16-25-11-13-26(14-12-25)30(27,28)15-10-17-6-2-1-3-7-17/h1-10,15H,11-14,16H2/b15-10+. The minimum atomic E-state index is -3.45. The Hall–Kier alpha value is -2.52. The van der Waals surface area contributed by atoms with Gasteiger partial charge in [-0.25, -0.2) is 8.42 Å². The van der Waals surface area contributed by atoms with Crippen LogP contribution in [-0.4, -0.2) is 53.9 Å². The molecule has 7 nitrogen and oxygen atoms in total. The van der Waals surface area contributed by atoms with Gasteiger partial charge in [0.1, 0.15) is 0 Å². The van der Waals surface area contributed by atoms with Gasteiger partial charge in [-0.2, -0.15) is 9.29 Å². The molecule has 0 spiro atoms. The molecule has 0 saturated carbocycles. The number of hydrogen-bond donors (Lipinski definition) is 0. The Morgan fingerprint density at radius 2 is 1.70 bits per heavy atom. The van der Waals surface area contributed by atoms with Gasteiger partial charge >= 0.3 is 0 Å². The number of benzene rings is 2. The van der Waals surface area contributed by atoms with E-state index in [4.69, 9.17) is 16.1 Å². The molecular formula is C21H21ClN4O3S. The second kappa shape index (κ2) is 9.09. The number of rotatable bonds is 6. The molecule has 2 aromatic carbocycles. The highest BCUT2D eigenvalue weighted by Gasteiger charge is 2.26. The van der Waals surface area contributed by atoms with Crippen molar-refractivity contribution in [1.82, 2.24) is 19.3 Å². The molecule has 4 rings (SSSR count). The maximum Gasteiger partial charge on any atom is 0.259 e. The minimum Gasteiger partial charge on any atom is -0.334 e. The summed E-state index contributed by atoms with van der Waals surface area (Å²) in [6, 6.07) is 16.7. The van der Waals surface area contributed by atoms with E-state index < -0.39 is 10.0 Å². The molecule has 1 aliphatic rings. The molecule has 0 amide bonds. The van der Waals surface area contributed by atoms with Crippen LogP contribution in [0.1, 0.15) is 11.4 Å². The fraction of sp³-hybridized carbons (Fsp3) is 0.238. The second-order valence-corrected chi connectivity index (χ2v) is 9.15. The van der Waals surface area contributed by atoms with E-state index in [0.717, 1.165) is 5.56 Å². The summed E-state index contributed by atoms with van der Waals surface area (Å²) in [5.74, 6) is 0.924. The zero-order valence-corrected chi connectivity index (χ0v) is 17.8. The molecule has 0 atom stereocenters. The van der Waals surface area contributed by atoms with E-state index in [0.29, 0.717) is 55.0 Å². The Bertz CT molecular complexity index is 1120. The van der Waals surface area contributed by atoms with Crippen molar-refractivity contribution in [3.63, 3.8) is 0 Å². The summed E-state index contributed by atoms with van der Waals surface area (Å²) in [7, 11) is -3.45. The Labute approximate surface area is 180 Å². The summed E-state index contributed by atoms with van der Waals surface area (Å²) < 4.78 is 32.0. The maximum absolute atomic E-state index is 12.6. The lowest BCUT2D eigenvalue weighted by molar-refractivity contribution is 0.177. The molecule has 1 aliphatic heterocycles. The molecule has 3 aromatic rings. The van der Waals surface area contributed by atoms with Gasteiger partial charge < -0.3 is 4.52 Å². The number of halogens is 1. The van der Waals surface area contributed by atoms with Gasteiger partial charge in [0.05, 0.1) is 17.1 Å². The van der Waals surface area contributed by atoms with Crippen molar-refractivity contribution in [2.75, 3.05) is 26.2 Å². The van der Waals surface area contributed by atoms with Gasteiger partial charge in [0, 0.05) is 31.6 Å². The molecule has 0 aliphatic carbocycles. The van der Waals surface area contributed by atoms with Gasteiger partial charge in [-0.1, -0.05) is 59.2 Å². The first-order valence-electron chi connectivity index (χ1n) is 9.54.